The van der Waals surface area contributed by atoms with E-state index in [-0.39, 0.29) is 17.1 Å². The van der Waals surface area contributed by atoms with Crippen molar-refractivity contribution in [3.8, 4) is 11.5 Å². The van der Waals surface area contributed by atoms with E-state index >= 15 is 0 Å². The van der Waals surface area contributed by atoms with Crippen LogP contribution in [0.25, 0.3) is 10.9 Å². The first-order chi connectivity index (χ1) is 10.2. The third-order valence-electron chi connectivity index (χ3n) is 3.15. The zero-order chi connectivity index (χ0) is 14.8. The maximum Gasteiger partial charge on any atom is 0.166 e. The number of halogens is 1. The number of fused-ring (bicyclic) bond motifs is 1. The van der Waals surface area contributed by atoms with Crippen LogP contribution in [-0.4, -0.2) is 10.8 Å². The van der Waals surface area contributed by atoms with Crippen LogP contribution in [0.2, 0.25) is 0 Å². The number of nitrogens with zero attached hydrogens (tertiary/aromatic N) is 1. The lowest BCUT2D eigenvalue weighted by molar-refractivity contribution is 0.101. The van der Waals surface area contributed by atoms with Gasteiger partial charge in [0.05, 0.1) is 11.1 Å². The molecule has 3 rings (SSSR count). The number of benzene rings is 2. The van der Waals surface area contributed by atoms with Gasteiger partial charge in [0.1, 0.15) is 17.3 Å². The predicted octanol–water partition coefficient (Wildman–Crippen LogP) is 4.37. The van der Waals surface area contributed by atoms with E-state index in [1.165, 1.54) is 19.1 Å². The fourth-order valence-corrected chi connectivity index (χ4v) is 2.21. The van der Waals surface area contributed by atoms with E-state index in [1.807, 2.05) is 12.1 Å². The maximum absolute atomic E-state index is 13.8. The van der Waals surface area contributed by atoms with E-state index in [9.17, 15) is 9.18 Å². The van der Waals surface area contributed by atoms with Crippen LogP contribution in [-0.2, 0) is 0 Å². The van der Waals surface area contributed by atoms with Gasteiger partial charge in [-0.3, -0.25) is 9.78 Å². The molecule has 0 unspecified atom stereocenters. The lowest BCUT2D eigenvalue weighted by Gasteiger charge is -2.11. The molecule has 4 heteroatoms. The van der Waals surface area contributed by atoms with Gasteiger partial charge >= 0.3 is 0 Å². The van der Waals surface area contributed by atoms with Crippen LogP contribution < -0.4 is 4.74 Å². The summed E-state index contributed by atoms with van der Waals surface area (Å²) in [5, 5.41) is 0.804. The monoisotopic (exact) mass is 281 g/mol. The fourth-order valence-electron chi connectivity index (χ4n) is 2.21. The van der Waals surface area contributed by atoms with Gasteiger partial charge in [-0.15, -0.1) is 0 Å². The molecule has 3 nitrogen and oxygen atoms in total. The summed E-state index contributed by atoms with van der Waals surface area (Å²) in [6.45, 7) is 1.32. The summed E-state index contributed by atoms with van der Waals surface area (Å²) >= 11 is 0. The van der Waals surface area contributed by atoms with Crippen LogP contribution in [0.1, 0.15) is 17.3 Å². The molecule has 0 aliphatic carbocycles. The van der Waals surface area contributed by atoms with Crippen LogP contribution >= 0.6 is 0 Å². The molecule has 2 aromatic carbocycles. The molecular weight excluding hydrogens is 269 g/mol. The first kappa shape index (κ1) is 13.2. The van der Waals surface area contributed by atoms with E-state index in [4.69, 9.17) is 4.74 Å². The summed E-state index contributed by atoms with van der Waals surface area (Å²) in [5.74, 6) is -0.215. The van der Waals surface area contributed by atoms with Crippen molar-refractivity contribution in [1.82, 2.24) is 4.98 Å². The largest absolute Gasteiger partial charge is 0.456 e. The van der Waals surface area contributed by atoms with Crippen LogP contribution in [0.3, 0.4) is 0 Å². The fraction of sp³-hybridized carbons (Fsp3) is 0.0588. The number of ether oxygens (including phenoxy) is 1. The molecule has 1 aromatic heterocycles. The number of rotatable bonds is 3. The molecular formula is C17H12FNO2. The Labute approximate surface area is 121 Å². The summed E-state index contributed by atoms with van der Waals surface area (Å²) in [6, 6.07) is 13.4. The molecule has 0 bridgehead atoms. The van der Waals surface area contributed by atoms with Crippen LogP contribution in [0, 0.1) is 5.82 Å². The number of hydrogen-bond donors (Lipinski definition) is 0. The topological polar surface area (TPSA) is 39.2 Å². The lowest BCUT2D eigenvalue weighted by Crippen LogP contribution is -2.01. The molecule has 3 aromatic rings. The molecule has 0 fully saturated rings. The van der Waals surface area contributed by atoms with Gasteiger partial charge < -0.3 is 4.74 Å². The third-order valence-corrected chi connectivity index (χ3v) is 3.15. The molecule has 0 saturated carbocycles. The quantitative estimate of drug-likeness (QED) is 0.669. The van der Waals surface area contributed by atoms with Crippen LogP contribution in [0.15, 0.2) is 54.7 Å². The van der Waals surface area contributed by atoms with Gasteiger partial charge in [-0.25, -0.2) is 4.39 Å². The Balaban J connectivity index is 2.12. The van der Waals surface area contributed by atoms with E-state index in [0.29, 0.717) is 5.75 Å². The van der Waals surface area contributed by atoms with Gasteiger partial charge in [-0.2, -0.15) is 0 Å². The standard InChI is InChI=1S/C17H12FNO2/c1-11(20)17-13(18)6-2-9-16(17)21-15-8-3-7-14-12(15)5-4-10-19-14/h2-10H,1H3. The van der Waals surface area contributed by atoms with Crippen molar-refractivity contribution in [2.45, 2.75) is 6.92 Å². The number of Topliss-reactive ketones (excluding diaryl/α,β-unsaturated/α-hetero) is 1. The molecule has 1 heterocycles. The number of ketones is 1. The smallest absolute Gasteiger partial charge is 0.166 e. The summed E-state index contributed by atoms with van der Waals surface area (Å²) in [5.41, 5.74) is 0.731. The molecule has 0 saturated heterocycles. The Bertz CT molecular complexity index is 825. The number of carbonyl (C=O) groups is 1. The van der Waals surface area contributed by atoms with Gasteiger partial charge in [0.15, 0.2) is 5.78 Å². The highest BCUT2D eigenvalue weighted by molar-refractivity contribution is 5.97. The van der Waals surface area contributed by atoms with Gasteiger partial charge in [0.2, 0.25) is 0 Å². The van der Waals surface area contributed by atoms with E-state index in [1.54, 1.807) is 30.5 Å². The first-order valence-corrected chi connectivity index (χ1v) is 6.48. The van der Waals surface area contributed by atoms with Gasteiger partial charge in [0, 0.05) is 11.6 Å². The van der Waals surface area contributed by atoms with Crippen molar-refractivity contribution < 1.29 is 13.9 Å². The summed E-state index contributed by atoms with van der Waals surface area (Å²) < 4.78 is 19.6. The Kier molecular flexibility index (Phi) is 3.36. The molecule has 0 atom stereocenters. The highest BCUT2D eigenvalue weighted by Crippen LogP contribution is 2.31. The van der Waals surface area contributed by atoms with E-state index < -0.39 is 5.82 Å². The highest BCUT2D eigenvalue weighted by atomic mass is 19.1. The number of hydrogen-bond acceptors (Lipinski definition) is 3. The second kappa shape index (κ2) is 5.32. The number of carbonyl (C=O) groups excluding carboxylic acids is 1. The zero-order valence-electron chi connectivity index (χ0n) is 11.3. The Hall–Kier alpha value is -2.75. The summed E-state index contributed by atoms with van der Waals surface area (Å²) in [4.78, 5) is 15.8. The molecule has 0 aliphatic heterocycles. The van der Waals surface area contributed by atoms with Crippen molar-refractivity contribution in [2.24, 2.45) is 0 Å². The second-order valence-corrected chi connectivity index (χ2v) is 4.60. The predicted molar refractivity (Wildman–Crippen MR) is 78.2 cm³/mol. The molecule has 0 spiro atoms. The Morgan fingerprint density at radius 1 is 1.05 bits per heavy atom. The maximum atomic E-state index is 13.8. The minimum absolute atomic E-state index is 0.0432. The molecule has 0 aliphatic rings. The number of aromatic nitrogens is 1. The summed E-state index contributed by atoms with van der Waals surface area (Å²) in [6.07, 6.45) is 1.69. The van der Waals surface area contributed by atoms with Gasteiger partial charge in [-0.1, -0.05) is 12.1 Å². The minimum atomic E-state index is -0.585. The molecule has 0 N–H and O–H groups in total. The first-order valence-electron chi connectivity index (χ1n) is 6.48. The zero-order valence-corrected chi connectivity index (χ0v) is 11.3. The van der Waals surface area contributed by atoms with Gasteiger partial charge in [-0.05, 0) is 43.3 Å². The Morgan fingerprint density at radius 2 is 1.81 bits per heavy atom. The van der Waals surface area contributed by atoms with Crippen LogP contribution in [0.4, 0.5) is 4.39 Å². The molecule has 0 amide bonds. The van der Waals surface area contributed by atoms with Crippen molar-refractivity contribution in [3.63, 3.8) is 0 Å². The lowest BCUT2D eigenvalue weighted by atomic mass is 10.1. The normalized spacial score (nSPS) is 10.6. The number of pyridine rings is 1. The van der Waals surface area contributed by atoms with Crippen molar-refractivity contribution in [3.05, 3.63) is 66.1 Å². The van der Waals surface area contributed by atoms with Crippen molar-refractivity contribution in [1.29, 1.82) is 0 Å². The minimum Gasteiger partial charge on any atom is -0.456 e. The average Bonchev–Trinajstić information content (AvgIpc) is 2.47. The van der Waals surface area contributed by atoms with Gasteiger partial charge in [0.25, 0.3) is 0 Å². The van der Waals surface area contributed by atoms with Crippen molar-refractivity contribution >= 4 is 16.7 Å². The second-order valence-electron chi connectivity index (χ2n) is 4.60. The summed E-state index contributed by atoms with van der Waals surface area (Å²) in [7, 11) is 0. The molecule has 0 radical (unpaired) electrons. The molecule has 21 heavy (non-hydrogen) atoms. The SMILES string of the molecule is CC(=O)c1c(F)cccc1Oc1cccc2ncccc12. The third kappa shape index (κ3) is 2.48. The Morgan fingerprint density at radius 3 is 2.62 bits per heavy atom. The average molecular weight is 281 g/mol. The van der Waals surface area contributed by atoms with Crippen molar-refractivity contribution in [2.75, 3.05) is 0 Å². The highest BCUT2D eigenvalue weighted by Gasteiger charge is 2.15. The van der Waals surface area contributed by atoms with E-state index in [2.05, 4.69) is 4.98 Å². The van der Waals surface area contributed by atoms with E-state index in [0.717, 1.165) is 10.9 Å². The van der Waals surface area contributed by atoms with Crippen LogP contribution in [0.5, 0.6) is 11.5 Å². The molecule has 104 valence electrons.